The van der Waals surface area contributed by atoms with Gasteiger partial charge in [-0.2, -0.15) is 0 Å². The third-order valence-corrected chi connectivity index (χ3v) is 10.9. The first-order valence-electron chi connectivity index (χ1n) is 24.8. The van der Waals surface area contributed by atoms with Crippen LogP contribution in [-0.2, 0) is 28.6 Å². The number of carbonyl (C=O) groups excluding carboxylic acids is 3. The molecule has 0 spiro atoms. The van der Waals surface area contributed by atoms with E-state index < -0.39 is 6.10 Å². The van der Waals surface area contributed by atoms with Crippen molar-refractivity contribution in [2.75, 3.05) is 13.2 Å². The Balaban J connectivity index is 4.14. The molecule has 0 fully saturated rings. The maximum absolute atomic E-state index is 12.7. The van der Waals surface area contributed by atoms with E-state index >= 15 is 0 Å². The monoisotopic (exact) mass is 803 g/mol. The number of rotatable bonds is 45. The standard InChI is InChI=1S/C51H94O6/c1-4-7-10-13-16-18-20-22-23-24-25-26-27-28-29-30-32-33-35-38-41-44-50(53)56-47-48(46-55-49(52)43-40-37-15-12-9-6-3)57-51(54)45-42-39-36-34-31-21-19-17-14-11-8-5-2/h17,19,24-25,48H,4-16,18,20-23,26-47H2,1-3H3/b19-17-,25-24-. The van der Waals surface area contributed by atoms with E-state index in [0.29, 0.717) is 19.3 Å². The van der Waals surface area contributed by atoms with Crippen molar-refractivity contribution < 1.29 is 28.6 Å². The van der Waals surface area contributed by atoms with Crippen LogP contribution >= 0.6 is 0 Å². The minimum Gasteiger partial charge on any atom is -0.462 e. The molecule has 0 radical (unpaired) electrons. The molecule has 0 aromatic rings. The molecular formula is C51H94O6. The van der Waals surface area contributed by atoms with Gasteiger partial charge in [0.05, 0.1) is 0 Å². The van der Waals surface area contributed by atoms with E-state index in [9.17, 15) is 14.4 Å². The Morgan fingerprint density at radius 1 is 0.333 bits per heavy atom. The van der Waals surface area contributed by atoms with Crippen molar-refractivity contribution in [1.82, 2.24) is 0 Å². The number of allylic oxidation sites excluding steroid dienone is 4. The first kappa shape index (κ1) is 54.9. The smallest absolute Gasteiger partial charge is 0.306 e. The number of hydrogen-bond acceptors (Lipinski definition) is 6. The van der Waals surface area contributed by atoms with Crippen LogP contribution in [0.2, 0.25) is 0 Å². The number of carbonyl (C=O) groups is 3. The quantitative estimate of drug-likeness (QED) is 0.0264. The van der Waals surface area contributed by atoms with Gasteiger partial charge >= 0.3 is 17.9 Å². The summed E-state index contributed by atoms with van der Waals surface area (Å²) in [5.41, 5.74) is 0. The molecule has 0 aromatic heterocycles. The van der Waals surface area contributed by atoms with E-state index in [1.54, 1.807) is 0 Å². The SMILES string of the molecule is CCCCC/C=C\CCCCCCCC(=O)OC(COC(=O)CCCCCCCC)COC(=O)CCCCCCCCCCC/C=C\CCCCCCCCCC. The van der Waals surface area contributed by atoms with Crippen molar-refractivity contribution in [3.05, 3.63) is 24.3 Å². The van der Waals surface area contributed by atoms with Gasteiger partial charge in [0.15, 0.2) is 6.10 Å². The highest BCUT2D eigenvalue weighted by Gasteiger charge is 2.19. The lowest BCUT2D eigenvalue weighted by Gasteiger charge is -2.18. The van der Waals surface area contributed by atoms with Crippen molar-refractivity contribution in [2.24, 2.45) is 0 Å². The van der Waals surface area contributed by atoms with E-state index in [0.717, 1.165) is 64.2 Å². The molecule has 0 aliphatic carbocycles. The summed E-state index contributed by atoms with van der Waals surface area (Å²) >= 11 is 0. The Labute approximate surface area is 353 Å². The molecule has 0 aliphatic heterocycles. The summed E-state index contributed by atoms with van der Waals surface area (Å²) in [4.78, 5) is 37.6. The van der Waals surface area contributed by atoms with Crippen molar-refractivity contribution in [3.8, 4) is 0 Å². The first-order valence-corrected chi connectivity index (χ1v) is 24.8. The second kappa shape index (κ2) is 46.6. The van der Waals surface area contributed by atoms with Gasteiger partial charge < -0.3 is 14.2 Å². The van der Waals surface area contributed by atoms with Crippen molar-refractivity contribution in [3.63, 3.8) is 0 Å². The van der Waals surface area contributed by atoms with Crippen LogP contribution in [0.25, 0.3) is 0 Å². The fourth-order valence-electron chi connectivity index (χ4n) is 7.14. The van der Waals surface area contributed by atoms with E-state index in [1.807, 2.05) is 0 Å². The molecule has 6 heteroatoms. The summed E-state index contributed by atoms with van der Waals surface area (Å²) in [5, 5.41) is 0. The molecule has 6 nitrogen and oxygen atoms in total. The van der Waals surface area contributed by atoms with Crippen LogP contribution in [0.5, 0.6) is 0 Å². The molecule has 0 rings (SSSR count). The maximum Gasteiger partial charge on any atom is 0.306 e. The van der Waals surface area contributed by atoms with Gasteiger partial charge in [-0.15, -0.1) is 0 Å². The van der Waals surface area contributed by atoms with Crippen molar-refractivity contribution in [1.29, 1.82) is 0 Å². The molecule has 0 saturated carbocycles. The first-order chi connectivity index (χ1) is 28.0. The fourth-order valence-corrected chi connectivity index (χ4v) is 7.14. The lowest BCUT2D eigenvalue weighted by atomic mass is 10.1. The van der Waals surface area contributed by atoms with E-state index in [4.69, 9.17) is 14.2 Å². The summed E-state index contributed by atoms with van der Waals surface area (Å²) in [6.45, 7) is 6.56. The van der Waals surface area contributed by atoms with E-state index in [2.05, 4.69) is 45.1 Å². The molecule has 0 saturated heterocycles. The highest BCUT2D eigenvalue weighted by atomic mass is 16.6. The lowest BCUT2D eigenvalue weighted by Crippen LogP contribution is -2.30. The van der Waals surface area contributed by atoms with Crippen LogP contribution in [0, 0.1) is 0 Å². The predicted molar refractivity (Wildman–Crippen MR) is 243 cm³/mol. The zero-order valence-electron chi connectivity index (χ0n) is 38.1. The summed E-state index contributed by atoms with van der Waals surface area (Å²) in [5.74, 6) is -0.887. The van der Waals surface area contributed by atoms with Gasteiger partial charge in [-0.1, -0.05) is 199 Å². The zero-order chi connectivity index (χ0) is 41.5. The van der Waals surface area contributed by atoms with Crippen LogP contribution in [0.4, 0.5) is 0 Å². The Kier molecular flexibility index (Phi) is 44.9. The van der Waals surface area contributed by atoms with Crippen LogP contribution in [0.3, 0.4) is 0 Å². The highest BCUT2D eigenvalue weighted by molar-refractivity contribution is 5.71. The minimum atomic E-state index is -0.769. The molecule has 57 heavy (non-hydrogen) atoms. The molecule has 1 atom stereocenters. The molecule has 0 bridgehead atoms. The molecule has 1 unspecified atom stereocenters. The average Bonchev–Trinajstić information content (AvgIpc) is 3.21. The van der Waals surface area contributed by atoms with Crippen molar-refractivity contribution in [2.45, 2.75) is 271 Å². The van der Waals surface area contributed by atoms with Gasteiger partial charge in [0.2, 0.25) is 0 Å². The van der Waals surface area contributed by atoms with Gasteiger partial charge in [-0.3, -0.25) is 14.4 Å². The normalized spacial score (nSPS) is 12.1. The van der Waals surface area contributed by atoms with Crippen LogP contribution in [0.15, 0.2) is 24.3 Å². The molecule has 0 amide bonds. The molecular weight excluding hydrogens is 709 g/mol. The number of unbranched alkanes of at least 4 members (excludes halogenated alkanes) is 30. The Bertz CT molecular complexity index is 927. The summed E-state index contributed by atoms with van der Waals surface area (Å²) in [6.07, 6.45) is 51.9. The van der Waals surface area contributed by atoms with Crippen molar-refractivity contribution >= 4 is 17.9 Å². The second-order valence-corrected chi connectivity index (χ2v) is 16.7. The number of ether oxygens (including phenoxy) is 3. The van der Waals surface area contributed by atoms with Gasteiger partial charge in [0.1, 0.15) is 13.2 Å². The van der Waals surface area contributed by atoms with E-state index in [1.165, 1.54) is 161 Å². The van der Waals surface area contributed by atoms with Gasteiger partial charge in [0, 0.05) is 19.3 Å². The Morgan fingerprint density at radius 3 is 0.912 bits per heavy atom. The predicted octanol–water partition coefficient (Wildman–Crippen LogP) is 16.0. The molecule has 0 aromatic carbocycles. The Morgan fingerprint density at radius 2 is 0.579 bits per heavy atom. The summed E-state index contributed by atoms with van der Waals surface area (Å²) in [6, 6.07) is 0. The number of hydrogen-bond donors (Lipinski definition) is 0. The molecule has 0 aliphatic rings. The summed E-state index contributed by atoms with van der Waals surface area (Å²) < 4.78 is 16.7. The summed E-state index contributed by atoms with van der Waals surface area (Å²) in [7, 11) is 0. The van der Waals surface area contributed by atoms with Crippen LogP contribution in [-0.4, -0.2) is 37.2 Å². The van der Waals surface area contributed by atoms with Crippen LogP contribution in [0.1, 0.15) is 265 Å². The second-order valence-electron chi connectivity index (χ2n) is 16.7. The molecule has 334 valence electrons. The lowest BCUT2D eigenvalue weighted by molar-refractivity contribution is -0.167. The fraction of sp³-hybridized carbons (Fsp3) is 0.863. The van der Waals surface area contributed by atoms with Gasteiger partial charge in [-0.25, -0.2) is 0 Å². The number of esters is 3. The third-order valence-electron chi connectivity index (χ3n) is 10.9. The van der Waals surface area contributed by atoms with Gasteiger partial charge in [0.25, 0.3) is 0 Å². The third kappa shape index (κ3) is 44.8. The molecule has 0 N–H and O–H groups in total. The average molecular weight is 803 g/mol. The van der Waals surface area contributed by atoms with Crippen LogP contribution < -0.4 is 0 Å². The Hall–Kier alpha value is -2.11. The highest BCUT2D eigenvalue weighted by Crippen LogP contribution is 2.15. The topological polar surface area (TPSA) is 78.9 Å². The maximum atomic E-state index is 12.7. The van der Waals surface area contributed by atoms with E-state index in [-0.39, 0.29) is 31.1 Å². The zero-order valence-corrected chi connectivity index (χ0v) is 38.1. The van der Waals surface area contributed by atoms with Gasteiger partial charge in [-0.05, 0) is 70.6 Å². The molecule has 0 heterocycles. The largest absolute Gasteiger partial charge is 0.462 e. The minimum absolute atomic E-state index is 0.0735.